The third-order valence-electron chi connectivity index (χ3n) is 2.58. The van der Waals surface area contributed by atoms with Crippen LogP contribution in [0.3, 0.4) is 0 Å². The lowest BCUT2D eigenvalue weighted by Crippen LogP contribution is -2.07. The first kappa shape index (κ1) is 14.0. The van der Waals surface area contributed by atoms with E-state index in [0.29, 0.717) is 6.61 Å². The van der Waals surface area contributed by atoms with Gasteiger partial charge in [-0.15, -0.1) is 0 Å². The molecule has 0 atom stereocenters. The minimum absolute atomic E-state index is 0.0759. The predicted octanol–water partition coefficient (Wildman–Crippen LogP) is 3.08. The maximum Gasteiger partial charge on any atom is 0.339 e. The largest absolute Gasteiger partial charge is 0.478 e. The highest BCUT2D eigenvalue weighted by atomic mass is 19.1. The van der Waals surface area contributed by atoms with E-state index in [-0.39, 0.29) is 18.1 Å². The minimum Gasteiger partial charge on any atom is -0.478 e. The Bertz CT molecular complexity index is 584. The molecule has 2 rings (SSSR count). The molecule has 5 heteroatoms. The van der Waals surface area contributed by atoms with E-state index in [4.69, 9.17) is 14.6 Å². The molecular formula is C15H13FO4. The van der Waals surface area contributed by atoms with Crippen molar-refractivity contribution in [1.82, 2.24) is 0 Å². The Balaban J connectivity index is 1.90. The first-order valence-corrected chi connectivity index (χ1v) is 5.94. The molecule has 0 heterocycles. The van der Waals surface area contributed by atoms with Gasteiger partial charge in [-0.1, -0.05) is 30.3 Å². The zero-order valence-corrected chi connectivity index (χ0v) is 10.6. The molecule has 2 aromatic rings. The lowest BCUT2D eigenvalue weighted by molar-refractivity contribution is 0.00427. The summed E-state index contributed by atoms with van der Waals surface area (Å²) in [6.45, 7) is 0.241. The van der Waals surface area contributed by atoms with Gasteiger partial charge in [0.2, 0.25) is 0 Å². The summed E-state index contributed by atoms with van der Waals surface area (Å²) in [4.78, 5) is 10.9. The van der Waals surface area contributed by atoms with Crippen LogP contribution in [0.25, 0.3) is 0 Å². The topological polar surface area (TPSA) is 55.8 Å². The van der Waals surface area contributed by atoms with Crippen molar-refractivity contribution in [3.63, 3.8) is 0 Å². The summed E-state index contributed by atoms with van der Waals surface area (Å²) in [5, 5.41) is 8.94. The van der Waals surface area contributed by atoms with Crippen molar-refractivity contribution in [3.05, 3.63) is 65.5 Å². The quantitative estimate of drug-likeness (QED) is 0.650. The third-order valence-corrected chi connectivity index (χ3v) is 2.58. The van der Waals surface area contributed by atoms with Crippen LogP contribution >= 0.6 is 0 Å². The number of rotatable bonds is 6. The van der Waals surface area contributed by atoms with E-state index in [1.54, 1.807) is 0 Å². The Hall–Kier alpha value is -2.40. The molecule has 104 valence electrons. The van der Waals surface area contributed by atoms with Crippen LogP contribution in [-0.2, 0) is 11.3 Å². The fraction of sp³-hybridized carbons (Fsp3) is 0.133. The summed E-state index contributed by atoms with van der Waals surface area (Å²) in [6.07, 6.45) is 0. The molecule has 1 N–H and O–H groups in total. The van der Waals surface area contributed by atoms with Gasteiger partial charge in [0.15, 0.2) is 6.79 Å². The van der Waals surface area contributed by atoms with Crippen molar-refractivity contribution in [3.8, 4) is 5.75 Å². The molecule has 0 amide bonds. The number of hydrogen-bond acceptors (Lipinski definition) is 3. The fourth-order valence-corrected chi connectivity index (χ4v) is 1.63. The van der Waals surface area contributed by atoms with E-state index in [2.05, 4.69) is 0 Å². The highest BCUT2D eigenvalue weighted by Crippen LogP contribution is 2.19. The molecule has 0 aliphatic rings. The van der Waals surface area contributed by atoms with Gasteiger partial charge in [0.05, 0.1) is 6.61 Å². The number of aromatic carboxylic acids is 1. The number of benzene rings is 2. The van der Waals surface area contributed by atoms with Crippen molar-refractivity contribution in [2.75, 3.05) is 6.79 Å². The molecule has 0 aromatic heterocycles. The Morgan fingerprint density at radius 2 is 1.90 bits per heavy atom. The van der Waals surface area contributed by atoms with Crippen LogP contribution in [0, 0.1) is 5.82 Å². The highest BCUT2D eigenvalue weighted by molar-refractivity contribution is 5.90. The number of hydrogen-bond donors (Lipinski definition) is 1. The van der Waals surface area contributed by atoms with Gasteiger partial charge in [0.25, 0.3) is 0 Å². The Labute approximate surface area is 115 Å². The SMILES string of the molecule is O=C(O)c1cc(F)ccc1OCOCc1ccccc1. The highest BCUT2D eigenvalue weighted by Gasteiger charge is 2.12. The second kappa shape index (κ2) is 6.68. The van der Waals surface area contributed by atoms with E-state index in [0.717, 1.165) is 17.7 Å². The molecule has 0 saturated carbocycles. The molecule has 20 heavy (non-hydrogen) atoms. The van der Waals surface area contributed by atoms with Crippen molar-refractivity contribution in [2.24, 2.45) is 0 Å². The predicted molar refractivity (Wildman–Crippen MR) is 70.1 cm³/mol. The van der Waals surface area contributed by atoms with Gasteiger partial charge in [0, 0.05) is 0 Å². The smallest absolute Gasteiger partial charge is 0.339 e. The molecule has 0 bridgehead atoms. The average Bonchev–Trinajstić information content (AvgIpc) is 2.45. The van der Waals surface area contributed by atoms with Crippen LogP contribution in [0.4, 0.5) is 4.39 Å². The maximum atomic E-state index is 13.0. The second-order valence-electron chi connectivity index (χ2n) is 4.04. The van der Waals surface area contributed by atoms with Crippen LogP contribution < -0.4 is 4.74 Å². The molecule has 4 nitrogen and oxygen atoms in total. The van der Waals surface area contributed by atoms with E-state index in [9.17, 15) is 9.18 Å². The van der Waals surface area contributed by atoms with Crippen LogP contribution in [-0.4, -0.2) is 17.9 Å². The molecule has 0 unspecified atom stereocenters. The summed E-state index contributed by atoms with van der Waals surface area (Å²) in [6, 6.07) is 12.8. The third kappa shape index (κ3) is 3.80. The van der Waals surface area contributed by atoms with Crippen LogP contribution in [0.5, 0.6) is 5.75 Å². The summed E-state index contributed by atoms with van der Waals surface area (Å²) < 4.78 is 23.5. The number of carbonyl (C=O) groups is 1. The van der Waals surface area contributed by atoms with Crippen molar-refractivity contribution < 1.29 is 23.8 Å². The fourth-order valence-electron chi connectivity index (χ4n) is 1.63. The molecule has 0 radical (unpaired) electrons. The second-order valence-corrected chi connectivity index (χ2v) is 4.04. The summed E-state index contributed by atoms with van der Waals surface area (Å²) >= 11 is 0. The van der Waals surface area contributed by atoms with Gasteiger partial charge in [-0.2, -0.15) is 0 Å². The molecule has 0 aliphatic heterocycles. The number of ether oxygens (including phenoxy) is 2. The Morgan fingerprint density at radius 3 is 2.60 bits per heavy atom. The van der Waals surface area contributed by atoms with Gasteiger partial charge in [-0.25, -0.2) is 9.18 Å². The van der Waals surface area contributed by atoms with Gasteiger partial charge in [-0.3, -0.25) is 0 Å². The summed E-state index contributed by atoms with van der Waals surface area (Å²) in [5.74, 6) is -1.80. The van der Waals surface area contributed by atoms with Crippen LogP contribution in [0.2, 0.25) is 0 Å². The van der Waals surface area contributed by atoms with Crippen molar-refractivity contribution in [2.45, 2.75) is 6.61 Å². The van der Waals surface area contributed by atoms with Crippen LogP contribution in [0.1, 0.15) is 15.9 Å². The van der Waals surface area contributed by atoms with Gasteiger partial charge >= 0.3 is 5.97 Å². The van der Waals surface area contributed by atoms with E-state index >= 15 is 0 Å². The Kier molecular flexibility index (Phi) is 4.68. The maximum absolute atomic E-state index is 13.0. The molecule has 0 saturated heterocycles. The molecular weight excluding hydrogens is 263 g/mol. The van der Waals surface area contributed by atoms with Crippen LogP contribution in [0.15, 0.2) is 48.5 Å². The minimum atomic E-state index is -1.25. The average molecular weight is 276 g/mol. The first-order chi connectivity index (χ1) is 9.66. The molecule has 0 spiro atoms. The monoisotopic (exact) mass is 276 g/mol. The summed E-state index contributed by atoms with van der Waals surface area (Å²) in [5.41, 5.74) is 0.752. The lowest BCUT2D eigenvalue weighted by atomic mass is 10.2. The number of halogens is 1. The standard InChI is InChI=1S/C15H13FO4/c16-12-6-7-14(13(8-12)15(17)18)20-10-19-9-11-4-2-1-3-5-11/h1-8H,9-10H2,(H,17,18). The summed E-state index contributed by atoms with van der Waals surface area (Å²) in [7, 11) is 0. The van der Waals surface area contributed by atoms with E-state index in [1.807, 2.05) is 30.3 Å². The van der Waals surface area contributed by atoms with Gasteiger partial charge in [-0.05, 0) is 23.8 Å². The normalized spacial score (nSPS) is 10.2. The van der Waals surface area contributed by atoms with E-state index < -0.39 is 11.8 Å². The van der Waals surface area contributed by atoms with Crippen molar-refractivity contribution >= 4 is 5.97 Å². The zero-order valence-electron chi connectivity index (χ0n) is 10.6. The molecule has 0 fully saturated rings. The van der Waals surface area contributed by atoms with Gasteiger partial charge < -0.3 is 14.6 Å². The van der Waals surface area contributed by atoms with E-state index in [1.165, 1.54) is 6.07 Å². The number of carboxylic acid groups (broad SMARTS) is 1. The lowest BCUT2D eigenvalue weighted by Gasteiger charge is -2.09. The Morgan fingerprint density at radius 1 is 1.15 bits per heavy atom. The van der Waals surface area contributed by atoms with Crippen molar-refractivity contribution in [1.29, 1.82) is 0 Å². The number of carboxylic acids is 1. The molecule has 2 aromatic carbocycles. The zero-order chi connectivity index (χ0) is 14.4. The first-order valence-electron chi connectivity index (χ1n) is 5.94. The van der Waals surface area contributed by atoms with Gasteiger partial charge in [0.1, 0.15) is 17.1 Å². The molecule has 0 aliphatic carbocycles.